The first-order valence-corrected chi connectivity index (χ1v) is 52.6. The number of ether oxygens (including phenoxy) is 1. The Labute approximate surface area is 876 Å². The number of hydrogen-bond acceptors (Lipinski definition) is 12. The SMILES string of the molecule is C=CC(=O)Oc1c(Cc2cc(C)cc(C(C)(C)C)c2O)cc(C)cc1C(C)(C)C.CC(C)(C)c1cc(O)c(C(C)(C)C)cc1O.CC(C)c1ccccc1.CCC.CCc1cc(C(C)(C)C)c(O)c(C(C)(C)C)c1.CCc1cc(O)c(C(C)(C)CC)cc1O.Cc1cc(C(C)(C)C)c(O)c(C(C)(C)C)c1.Cc1cc(C(C)(C)C)c(O)c(C(C)(C)C)c1.Cc1cc(C)c(O)c(C2(C)CCCCC2)c1.Oc1ccccc1. The summed E-state index contributed by atoms with van der Waals surface area (Å²) >= 11 is 0. The monoisotopic (exact) mass is 1980 g/mol. The zero-order valence-corrected chi connectivity index (χ0v) is 98.7. The molecule has 10 aromatic rings. The predicted molar refractivity (Wildman–Crippen MR) is 618 cm³/mol. The largest absolute Gasteiger partial charge is 0.508 e. The van der Waals surface area contributed by atoms with Crippen molar-refractivity contribution in [2.45, 2.75) is 454 Å². The topological polar surface area (TPSA) is 229 Å². The molecule has 1 fully saturated rings. The van der Waals surface area contributed by atoms with Gasteiger partial charge in [-0.15, -0.1) is 0 Å². The first-order chi connectivity index (χ1) is 65.5. The van der Waals surface area contributed by atoms with E-state index >= 15 is 0 Å². The second-order valence-corrected chi connectivity index (χ2v) is 51.4. The van der Waals surface area contributed by atoms with E-state index in [0.717, 1.165) is 114 Å². The van der Waals surface area contributed by atoms with E-state index in [2.05, 4.69) is 335 Å². The van der Waals surface area contributed by atoms with Crippen LogP contribution in [0, 0.1) is 41.5 Å². The summed E-state index contributed by atoms with van der Waals surface area (Å²) in [6.07, 6.45) is 11.9. The van der Waals surface area contributed by atoms with E-state index in [1.165, 1.54) is 78.0 Å². The van der Waals surface area contributed by atoms with Gasteiger partial charge in [0.2, 0.25) is 0 Å². The average Bonchev–Trinajstić information content (AvgIpc) is 0.778. The quantitative estimate of drug-likeness (QED) is 0.0267. The van der Waals surface area contributed by atoms with Crippen molar-refractivity contribution in [1.82, 2.24) is 0 Å². The number of para-hydroxylation sites is 1. The summed E-state index contributed by atoms with van der Waals surface area (Å²) in [5.74, 6) is 4.38. The number of phenolic OH excluding ortho intramolecular Hbond substituents is 10. The van der Waals surface area contributed by atoms with Crippen LogP contribution in [0.5, 0.6) is 63.2 Å². The number of hydrogen-bond donors (Lipinski definition) is 10. The minimum absolute atomic E-state index is 0.0178. The van der Waals surface area contributed by atoms with Crippen LogP contribution in [0.25, 0.3) is 0 Å². The molecular formula is C132H198O12. The molecule has 1 aliphatic rings. The fraction of sp³-hybridized carbons (Fsp3) is 0.523. The van der Waals surface area contributed by atoms with Crippen molar-refractivity contribution in [3.63, 3.8) is 0 Å². The Balaban J connectivity index is 0.000000556. The van der Waals surface area contributed by atoms with Crippen molar-refractivity contribution in [2.24, 2.45) is 0 Å². The van der Waals surface area contributed by atoms with E-state index in [-0.39, 0.29) is 88.0 Å². The molecule has 144 heavy (non-hydrogen) atoms. The number of phenols is 10. The van der Waals surface area contributed by atoms with Crippen LogP contribution in [0.15, 0.2) is 170 Å². The number of carbonyl (C=O) groups excluding carboxylic acids is 1. The van der Waals surface area contributed by atoms with Crippen LogP contribution in [0.1, 0.15) is 456 Å². The van der Waals surface area contributed by atoms with Crippen molar-refractivity contribution >= 4 is 5.97 Å². The fourth-order valence-corrected chi connectivity index (χ4v) is 17.2. The molecule has 0 bridgehead atoms. The number of rotatable bonds is 10. The van der Waals surface area contributed by atoms with Gasteiger partial charge in [0, 0.05) is 40.3 Å². The molecule has 0 aliphatic heterocycles. The number of esters is 1. The summed E-state index contributed by atoms with van der Waals surface area (Å²) in [7, 11) is 0. The maximum absolute atomic E-state index is 12.1. The Morgan fingerprint density at radius 2 is 0.646 bits per heavy atom. The summed E-state index contributed by atoms with van der Waals surface area (Å²) in [4.78, 5) is 12.1. The van der Waals surface area contributed by atoms with Gasteiger partial charge in [0.15, 0.2) is 0 Å². The Bertz CT molecular complexity index is 5510. The van der Waals surface area contributed by atoms with Gasteiger partial charge in [-0.3, -0.25) is 0 Å². The molecule has 0 radical (unpaired) electrons. The molecule has 0 unspecified atom stereocenters. The molecule has 798 valence electrons. The van der Waals surface area contributed by atoms with Gasteiger partial charge in [0.1, 0.15) is 63.2 Å². The second-order valence-electron chi connectivity index (χ2n) is 51.4. The highest BCUT2D eigenvalue weighted by molar-refractivity contribution is 5.84. The molecule has 12 heteroatoms. The lowest BCUT2D eigenvalue weighted by atomic mass is 9.70. The number of carbonyl (C=O) groups is 1. The Morgan fingerprint density at radius 1 is 0.340 bits per heavy atom. The highest BCUT2D eigenvalue weighted by atomic mass is 16.5. The number of benzene rings is 10. The van der Waals surface area contributed by atoms with Gasteiger partial charge in [-0.05, 0) is 253 Å². The summed E-state index contributed by atoms with van der Waals surface area (Å²) in [5.41, 5.74) is 23.1. The van der Waals surface area contributed by atoms with Crippen LogP contribution < -0.4 is 4.74 Å². The van der Waals surface area contributed by atoms with E-state index in [9.17, 15) is 50.8 Å². The van der Waals surface area contributed by atoms with Crippen molar-refractivity contribution in [1.29, 1.82) is 0 Å². The standard InChI is InChI=1S/C26H34O3.C16H26O.C15H22O.2C15H24O.C14H22O2.C13H20O2.C9H12.C6H6O.C3H8/c1-10-22(27)29-24-19(12-17(3)14-21(24)26(7,8)9)15-18-11-16(2)13-20(23(18)28)25(4,5)6;1-8-11-9-12(15(2,3)4)14(17)13(10-11)16(5,6)7;1-11-9-12(2)14(16)13(10-11)15(3)7-5-4-6-8-15;2*1-10-8-11(14(2,3)4)13(16)12(9-10)15(5,6)7;1-13(2,3)9-7-12(16)10(8-11(9)15)14(4,5)6;1-5-9-7-12(15)10(8-11(9)14)13(3,4)6-2;1-8(2)9-6-4-3-5-7-9;7-6-4-2-1-3-5-6;1-3-2/h10-14,28H,1,15H2,2-9H3;9-10,17H,8H2,1-7H3;9-10,16H,4-8H2,1-3H3;2*8-9,16H,1-7H3;7-8,15-16H,1-6H3;7-8,14-15H,5-6H2,1-4H3;3-8H,1-2H3;1-5,7H;3H2,1-2H3. The third-order valence-electron chi connectivity index (χ3n) is 26.1. The molecule has 10 aromatic carbocycles. The van der Waals surface area contributed by atoms with Gasteiger partial charge >= 0.3 is 5.97 Å². The van der Waals surface area contributed by atoms with Gasteiger partial charge in [-0.2, -0.15) is 0 Å². The van der Waals surface area contributed by atoms with Crippen molar-refractivity contribution in [3.8, 4) is 63.2 Å². The van der Waals surface area contributed by atoms with E-state index in [1.807, 2.05) is 99.6 Å². The van der Waals surface area contributed by atoms with E-state index in [0.29, 0.717) is 52.6 Å². The van der Waals surface area contributed by atoms with Crippen LogP contribution in [0.4, 0.5) is 0 Å². The zero-order valence-electron chi connectivity index (χ0n) is 98.7. The van der Waals surface area contributed by atoms with Crippen LogP contribution in [-0.2, 0) is 89.0 Å². The van der Waals surface area contributed by atoms with Gasteiger partial charge < -0.3 is 55.8 Å². The minimum atomic E-state index is -0.482. The molecule has 1 saturated carbocycles. The lowest BCUT2D eigenvalue weighted by Gasteiger charge is -2.35. The van der Waals surface area contributed by atoms with Gasteiger partial charge in [0.25, 0.3) is 0 Å². The summed E-state index contributed by atoms with van der Waals surface area (Å²) in [6, 6.07) is 50.9. The van der Waals surface area contributed by atoms with Crippen molar-refractivity contribution < 1.29 is 60.6 Å². The Hall–Kier alpha value is -10.6. The van der Waals surface area contributed by atoms with Gasteiger partial charge in [0.05, 0.1) is 0 Å². The fourth-order valence-electron chi connectivity index (χ4n) is 17.2. The molecule has 1 aliphatic carbocycles. The second kappa shape index (κ2) is 53.2. The molecule has 12 nitrogen and oxygen atoms in total. The molecule has 0 spiro atoms. The van der Waals surface area contributed by atoms with Crippen LogP contribution in [0.3, 0.4) is 0 Å². The Morgan fingerprint density at radius 3 is 0.951 bits per heavy atom. The Kier molecular flexibility index (Phi) is 47.8. The van der Waals surface area contributed by atoms with Crippen molar-refractivity contribution in [2.75, 3.05) is 0 Å². The highest BCUT2D eigenvalue weighted by Gasteiger charge is 2.35. The van der Waals surface area contributed by atoms with E-state index < -0.39 is 5.97 Å². The molecule has 11 rings (SSSR count). The molecule has 0 amide bonds. The van der Waals surface area contributed by atoms with Crippen LogP contribution >= 0.6 is 0 Å². The first-order valence-electron chi connectivity index (χ1n) is 52.6. The molecular weight excluding hydrogens is 1780 g/mol. The summed E-state index contributed by atoms with van der Waals surface area (Å²) < 4.78 is 5.71. The van der Waals surface area contributed by atoms with Crippen LogP contribution in [-0.4, -0.2) is 57.0 Å². The zero-order chi connectivity index (χ0) is 112. The lowest BCUT2D eigenvalue weighted by Crippen LogP contribution is -2.25. The first kappa shape index (κ1) is 129. The normalized spacial score (nSPS) is 12.8. The molecule has 0 atom stereocenters. The van der Waals surface area contributed by atoms with Crippen LogP contribution in [0.2, 0.25) is 0 Å². The predicted octanol–water partition coefficient (Wildman–Crippen LogP) is 36.3. The number of aryl methyl sites for hydroxylation is 8. The summed E-state index contributed by atoms with van der Waals surface area (Å²) in [5, 5.41) is 101. The van der Waals surface area contributed by atoms with E-state index in [1.54, 1.807) is 48.5 Å². The van der Waals surface area contributed by atoms with Crippen molar-refractivity contribution in [3.05, 3.63) is 298 Å². The molecule has 10 N–H and O–H groups in total. The minimum Gasteiger partial charge on any atom is -0.508 e. The maximum Gasteiger partial charge on any atom is 0.335 e. The van der Waals surface area contributed by atoms with E-state index in [4.69, 9.17) is 9.84 Å². The lowest BCUT2D eigenvalue weighted by molar-refractivity contribution is -0.129. The van der Waals surface area contributed by atoms with Gasteiger partial charge in [-0.25, -0.2) is 4.79 Å². The summed E-state index contributed by atoms with van der Waals surface area (Å²) in [6.45, 7) is 100. The number of aromatic hydroxyl groups is 10. The third-order valence-corrected chi connectivity index (χ3v) is 26.1. The average molecular weight is 1980 g/mol. The third kappa shape index (κ3) is 40.0. The highest BCUT2D eigenvalue weighted by Crippen LogP contribution is 2.49. The molecule has 0 aromatic heterocycles. The smallest absolute Gasteiger partial charge is 0.335 e. The molecule has 0 heterocycles. The van der Waals surface area contributed by atoms with Gasteiger partial charge in [-0.1, -0.05) is 458 Å². The maximum atomic E-state index is 12.1. The molecule has 0 saturated heterocycles.